The van der Waals surface area contributed by atoms with Gasteiger partial charge >= 0.3 is 18.1 Å². The molecule has 1 aliphatic carbocycles. The van der Waals surface area contributed by atoms with Gasteiger partial charge in [0, 0.05) is 43.2 Å². The van der Waals surface area contributed by atoms with E-state index in [1.165, 1.54) is 14.2 Å². The zero-order valence-electron chi connectivity index (χ0n) is 22.5. The first-order valence-corrected chi connectivity index (χ1v) is 13.3. The molecular formula is C30H35F3N2O4. The van der Waals surface area contributed by atoms with Gasteiger partial charge in [0.15, 0.2) is 0 Å². The molecule has 1 saturated heterocycles. The van der Waals surface area contributed by atoms with Gasteiger partial charge in [-0.3, -0.25) is 9.69 Å². The number of piperidine rings is 1. The highest BCUT2D eigenvalue weighted by atomic mass is 19.4. The third-order valence-corrected chi connectivity index (χ3v) is 7.68. The third kappa shape index (κ3) is 6.82. The van der Waals surface area contributed by atoms with Gasteiger partial charge in [0.25, 0.3) is 0 Å². The minimum atomic E-state index is -4.91. The Bertz CT molecular complexity index is 1190. The Morgan fingerprint density at radius 2 is 1.77 bits per heavy atom. The molecule has 1 saturated carbocycles. The van der Waals surface area contributed by atoms with Crippen LogP contribution in [0.25, 0.3) is 6.08 Å². The van der Waals surface area contributed by atoms with E-state index in [1.54, 1.807) is 18.2 Å². The lowest BCUT2D eigenvalue weighted by Gasteiger charge is -2.39. The second kappa shape index (κ2) is 12.2. The second-order valence-corrected chi connectivity index (χ2v) is 10.1. The molecular weight excluding hydrogens is 509 g/mol. The van der Waals surface area contributed by atoms with Gasteiger partial charge in [0.1, 0.15) is 5.75 Å². The van der Waals surface area contributed by atoms with Crippen molar-refractivity contribution in [1.29, 1.82) is 0 Å². The van der Waals surface area contributed by atoms with E-state index >= 15 is 0 Å². The number of hydrogen-bond acceptors (Lipinski definition) is 5. The van der Waals surface area contributed by atoms with Crippen molar-refractivity contribution in [2.75, 3.05) is 27.3 Å². The molecule has 0 radical (unpaired) electrons. The standard InChI is InChI=1S/C30H35F3N2O4/c1-4-21(16-20-8-6-5-7-9-20)25-18-26(25)35(29(37)30(31,32)33)24-12-14-34(15-13-24)19-23-11-10-22(28(36)39-3)17-27(23)38-2/h5-11,16-17,24-26H,4,12-15,18-19H2,1-3H3/b21-16+/t25-,26+/m0/s1. The molecule has 0 aromatic heterocycles. The predicted molar refractivity (Wildman–Crippen MR) is 142 cm³/mol. The van der Waals surface area contributed by atoms with Crippen LogP contribution in [-0.4, -0.2) is 67.2 Å². The van der Waals surface area contributed by atoms with Gasteiger partial charge < -0.3 is 14.4 Å². The topological polar surface area (TPSA) is 59.1 Å². The molecule has 0 spiro atoms. The number of esters is 1. The first-order valence-electron chi connectivity index (χ1n) is 13.3. The normalized spacial score (nSPS) is 20.4. The molecule has 0 bridgehead atoms. The smallest absolute Gasteiger partial charge is 0.471 e. The molecule has 2 atom stereocenters. The maximum Gasteiger partial charge on any atom is 0.471 e. The fourth-order valence-corrected chi connectivity index (χ4v) is 5.57. The molecule has 210 valence electrons. The number of carbonyl (C=O) groups excluding carboxylic acids is 2. The van der Waals surface area contributed by atoms with Crippen LogP contribution in [0.2, 0.25) is 0 Å². The van der Waals surface area contributed by atoms with Gasteiger partial charge in [0.05, 0.1) is 19.8 Å². The highest BCUT2D eigenvalue weighted by molar-refractivity contribution is 5.90. The summed E-state index contributed by atoms with van der Waals surface area (Å²) < 4.78 is 51.3. The number of halogens is 3. The van der Waals surface area contributed by atoms with Crippen molar-refractivity contribution in [3.63, 3.8) is 0 Å². The van der Waals surface area contributed by atoms with Gasteiger partial charge in [0.2, 0.25) is 0 Å². The van der Waals surface area contributed by atoms with Gasteiger partial charge in [-0.15, -0.1) is 0 Å². The van der Waals surface area contributed by atoms with Crippen LogP contribution in [0.3, 0.4) is 0 Å². The summed E-state index contributed by atoms with van der Waals surface area (Å²) in [6, 6.07) is 13.9. The SMILES string of the molecule is CC/C(=C\c1ccccc1)[C@@H]1C[C@H]1N(C(=O)C(F)(F)F)C1CCN(Cc2ccc(C(=O)OC)cc2OC)CC1. The zero-order chi connectivity index (χ0) is 28.2. The lowest BCUT2D eigenvalue weighted by atomic mass is 10.00. The summed E-state index contributed by atoms with van der Waals surface area (Å²) in [7, 11) is 2.84. The first kappa shape index (κ1) is 28.7. The molecule has 2 aliphatic rings. The molecule has 2 aromatic rings. The summed E-state index contributed by atoms with van der Waals surface area (Å²) in [6.45, 7) is 3.62. The molecule has 9 heteroatoms. The molecule has 4 rings (SSSR count). The van der Waals surface area contributed by atoms with E-state index in [4.69, 9.17) is 9.47 Å². The molecule has 39 heavy (non-hydrogen) atoms. The summed E-state index contributed by atoms with van der Waals surface area (Å²) in [4.78, 5) is 27.8. The molecule has 1 aliphatic heterocycles. The molecule has 1 heterocycles. The monoisotopic (exact) mass is 544 g/mol. The largest absolute Gasteiger partial charge is 0.496 e. The quantitative estimate of drug-likeness (QED) is 0.378. The van der Waals surface area contributed by atoms with Crippen molar-refractivity contribution < 1.29 is 32.2 Å². The van der Waals surface area contributed by atoms with Crippen LogP contribution in [0.5, 0.6) is 5.75 Å². The van der Waals surface area contributed by atoms with E-state index in [0.717, 1.165) is 28.0 Å². The molecule has 6 nitrogen and oxygen atoms in total. The number of nitrogens with zero attached hydrogens (tertiary/aromatic N) is 2. The van der Waals surface area contributed by atoms with E-state index in [2.05, 4.69) is 4.90 Å². The Morgan fingerprint density at radius 3 is 2.36 bits per heavy atom. The Kier molecular flexibility index (Phi) is 9.00. The van der Waals surface area contributed by atoms with Crippen LogP contribution in [0.4, 0.5) is 13.2 Å². The fourth-order valence-electron chi connectivity index (χ4n) is 5.57. The minimum absolute atomic E-state index is 0.0582. The summed E-state index contributed by atoms with van der Waals surface area (Å²) in [6.07, 6.45) is -0.677. The van der Waals surface area contributed by atoms with Gasteiger partial charge in [-0.05, 0) is 43.4 Å². The summed E-state index contributed by atoms with van der Waals surface area (Å²) in [5.74, 6) is -1.70. The van der Waals surface area contributed by atoms with Crippen LogP contribution in [0.1, 0.15) is 54.1 Å². The van der Waals surface area contributed by atoms with E-state index < -0.39 is 30.1 Å². The number of likely N-dealkylation sites (tertiary alicyclic amines) is 1. The Hall–Kier alpha value is -3.33. The lowest BCUT2D eigenvalue weighted by Crippen LogP contribution is -2.52. The van der Waals surface area contributed by atoms with Crippen LogP contribution < -0.4 is 4.74 Å². The number of benzene rings is 2. The maximum atomic E-state index is 13.7. The van der Waals surface area contributed by atoms with Crippen LogP contribution >= 0.6 is 0 Å². The highest BCUT2D eigenvalue weighted by Crippen LogP contribution is 2.46. The van der Waals surface area contributed by atoms with Crippen molar-refractivity contribution >= 4 is 18.0 Å². The molecule has 0 unspecified atom stereocenters. The van der Waals surface area contributed by atoms with Crippen LogP contribution in [-0.2, 0) is 16.1 Å². The summed E-state index contributed by atoms with van der Waals surface area (Å²) in [5, 5.41) is 0. The minimum Gasteiger partial charge on any atom is -0.496 e. The van der Waals surface area contributed by atoms with Crippen molar-refractivity contribution in [1.82, 2.24) is 9.80 Å². The Labute approximate surface area is 227 Å². The molecule has 0 N–H and O–H groups in total. The number of methoxy groups -OCH3 is 2. The fraction of sp³-hybridized carbons (Fsp3) is 0.467. The molecule has 2 fully saturated rings. The van der Waals surface area contributed by atoms with Gasteiger partial charge in [-0.1, -0.05) is 55.0 Å². The van der Waals surface area contributed by atoms with Crippen molar-refractivity contribution in [3.8, 4) is 5.75 Å². The van der Waals surface area contributed by atoms with E-state index in [-0.39, 0.29) is 5.92 Å². The number of alkyl halides is 3. The van der Waals surface area contributed by atoms with Crippen LogP contribution in [0, 0.1) is 5.92 Å². The first-order chi connectivity index (χ1) is 18.7. The number of hydrogen-bond donors (Lipinski definition) is 0. The van der Waals surface area contributed by atoms with Gasteiger partial charge in [-0.2, -0.15) is 13.2 Å². The highest BCUT2D eigenvalue weighted by Gasteiger charge is 2.54. The van der Waals surface area contributed by atoms with Crippen molar-refractivity contribution in [3.05, 3.63) is 70.8 Å². The predicted octanol–water partition coefficient (Wildman–Crippen LogP) is 5.72. The lowest BCUT2D eigenvalue weighted by molar-refractivity contribution is -0.189. The average molecular weight is 545 g/mol. The maximum absolute atomic E-state index is 13.7. The van der Waals surface area contributed by atoms with E-state index in [9.17, 15) is 22.8 Å². The average Bonchev–Trinajstić information content (AvgIpc) is 3.72. The van der Waals surface area contributed by atoms with E-state index in [0.29, 0.717) is 50.2 Å². The number of amides is 1. The Morgan fingerprint density at radius 1 is 1.08 bits per heavy atom. The summed E-state index contributed by atoms with van der Waals surface area (Å²) >= 11 is 0. The van der Waals surface area contributed by atoms with E-state index in [1.807, 2.05) is 43.3 Å². The second-order valence-electron chi connectivity index (χ2n) is 10.1. The number of rotatable bonds is 9. The third-order valence-electron chi connectivity index (χ3n) is 7.68. The molecule has 2 aromatic carbocycles. The summed E-state index contributed by atoms with van der Waals surface area (Å²) in [5.41, 5.74) is 3.33. The van der Waals surface area contributed by atoms with Crippen LogP contribution in [0.15, 0.2) is 54.1 Å². The molecule has 1 amide bonds. The number of ether oxygens (including phenoxy) is 2. The van der Waals surface area contributed by atoms with Crippen molar-refractivity contribution in [2.45, 2.75) is 57.4 Å². The number of carbonyl (C=O) groups is 2. The Balaban J connectivity index is 1.45. The van der Waals surface area contributed by atoms with Crippen molar-refractivity contribution in [2.24, 2.45) is 5.92 Å². The zero-order valence-corrected chi connectivity index (χ0v) is 22.5. The van der Waals surface area contributed by atoms with Gasteiger partial charge in [-0.25, -0.2) is 4.79 Å².